The molecule has 0 atom stereocenters. The minimum Gasteiger partial charge on any atom is -0.348 e. The molecule has 1 amide bonds. The first-order chi connectivity index (χ1) is 11.7. The normalized spacial score (nSPS) is 13.2. The van der Waals surface area contributed by atoms with E-state index < -0.39 is 0 Å². The number of nitrogens with one attached hydrogen (secondary N) is 1. The highest BCUT2D eigenvalue weighted by Gasteiger charge is 2.12. The molecular formula is C21H22N2O. The van der Waals surface area contributed by atoms with Gasteiger partial charge in [-0.1, -0.05) is 18.2 Å². The Balaban J connectivity index is 1.47. The molecular weight excluding hydrogens is 296 g/mol. The third-order valence-electron chi connectivity index (χ3n) is 4.92. The fourth-order valence-corrected chi connectivity index (χ4v) is 3.68. The lowest BCUT2D eigenvalue weighted by atomic mass is 10.0. The highest BCUT2D eigenvalue weighted by molar-refractivity contribution is 5.95. The number of benzene rings is 2. The van der Waals surface area contributed by atoms with E-state index in [0.29, 0.717) is 6.42 Å². The third-order valence-corrected chi connectivity index (χ3v) is 4.92. The molecule has 1 aliphatic carbocycles. The van der Waals surface area contributed by atoms with E-state index >= 15 is 0 Å². The molecule has 3 heteroatoms. The molecule has 1 aromatic heterocycles. The van der Waals surface area contributed by atoms with E-state index in [0.717, 1.165) is 29.6 Å². The number of aromatic nitrogens is 1. The van der Waals surface area contributed by atoms with Crippen LogP contribution in [0.5, 0.6) is 0 Å². The van der Waals surface area contributed by atoms with E-state index in [1.54, 1.807) is 0 Å². The molecule has 4 rings (SSSR count). The quantitative estimate of drug-likeness (QED) is 0.763. The SMILES string of the molecule is CCn1ccc2cc(NC(=O)Cc3ccc4c(c3)CCC4)ccc21. The van der Waals surface area contributed by atoms with E-state index in [2.05, 4.69) is 53.3 Å². The Morgan fingerprint density at radius 3 is 2.83 bits per heavy atom. The molecule has 0 fully saturated rings. The van der Waals surface area contributed by atoms with Crippen molar-refractivity contribution in [3.05, 3.63) is 65.4 Å². The minimum absolute atomic E-state index is 0.0437. The van der Waals surface area contributed by atoms with Gasteiger partial charge in [-0.25, -0.2) is 0 Å². The number of anilines is 1. The van der Waals surface area contributed by atoms with Crippen molar-refractivity contribution in [1.82, 2.24) is 4.57 Å². The topological polar surface area (TPSA) is 34.0 Å². The number of rotatable bonds is 4. The van der Waals surface area contributed by atoms with Gasteiger partial charge in [0.2, 0.25) is 5.91 Å². The average Bonchev–Trinajstić information content (AvgIpc) is 3.19. The van der Waals surface area contributed by atoms with Crippen molar-refractivity contribution in [2.45, 2.75) is 39.2 Å². The first-order valence-corrected chi connectivity index (χ1v) is 8.72. The summed E-state index contributed by atoms with van der Waals surface area (Å²) >= 11 is 0. The van der Waals surface area contributed by atoms with Gasteiger partial charge in [-0.15, -0.1) is 0 Å². The van der Waals surface area contributed by atoms with Crippen LogP contribution in [0.25, 0.3) is 10.9 Å². The zero-order chi connectivity index (χ0) is 16.5. The molecule has 0 bridgehead atoms. The summed E-state index contributed by atoms with van der Waals surface area (Å²) in [5.74, 6) is 0.0437. The molecule has 0 saturated carbocycles. The number of nitrogens with zero attached hydrogens (tertiary/aromatic N) is 1. The van der Waals surface area contributed by atoms with Crippen molar-refractivity contribution in [2.75, 3.05) is 5.32 Å². The molecule has 1 aliphatic rings. The number of hydrogen-bond acceptors (Lipinski definition) is 1. The monoisotopic (exact) mass is 318 g/mol. The van der Waals surface area contributed by atoms with Crippen molar-refractivity contribution >= 4 is 22.5 Å². The molecule has 1 N–H and O–H groups in total. The van der Waals surface area contributed by atoms with Crippen LogP contribution >= 0.6 is 0 Å². The smallest absolute Gasteiger partial charge is 0.228 e. The Hall–Kier alpha value is -2.55. The van der Waals surface area contributed by atoms with Crippen LogP contribution in [-0.2, 0) is 30.6 Å². The average molecular weight is 318 g/mol. The van der Waals surface area contributed by atoms with E-state index in [4.69, 9.17) is 0 Å². The predicted molar refractivity (Wildman–Crippen MR) is 98.4 cm³/mol. The van der Waals surface area contributed by atoms with E-state index in [-0.39, 0.29) is 5.91 Å². The summed E-state index contributed by atoms with van der Waals surface area (Å²) in [6.07, 6.45) is 6.08. The number of aryl methyl sites for hydroxylation is 3. The van der Waals surface area contributed by atoms with Crippen LogP contribution in [0, 0.1) is 0 Å². The molecule has 0 radical (unpaired) electrons. The molecule has 3 nitrogen and oxygen atoms in total. The van der Waals surface area contributed by atoms with Crippen LogP contribution < -0.4 is 5.32 Å². The fourth-order valence-electron chi connectivity index (χ4n) is 3.68. The van der Waals surface area contributed by atoms with Crippen molar-refractivity contribution in [2.24, 2.45) is 0 Å². The summed E-state index contributed by atoms with van der Waals surface area (Å²) < 4.78 is 2.20. The van der Waals surface area contributed by atoms with Gasteiger partial charge in [-0.3, -0.25) is 4.79 Å². The Morgan fingerprint density at radius 2 is 1.96 bits per heavy atom. The first-order valence-electron chi connectivity index (χ1n) is 8.72. The second-order valence-electron chi connectivity index (χ2n) is 6.56. The van der Waals surface area contributed by atoms with Crippen LogP contribution in [0.15, 0.2) is 48.7 Å². The number of fused-ring (bicyclic) bond motifs is 2. The second-order valence-corrected chi connectivity index (χ2v) is 6.56. The molecule has 0 saturated heterocycles. The van der Waals surface area contributed by atoms with Crippen molar-refractivity contribution in [3.8, 4) is 0 Å². The van der Waals surface area contributed by atoms with Crippen LogP contribution in [0.3, 0.4) is 0 Å². The minimum atomic E-state index is 0.0437. The molecule has 2 aromatic carbocycles. The van der Waals surface area contributed by atoms with E-state index in [9.17, 15) is 4.79 Å². The maximum absolute atomic E-state index is 12.4. The highest BCUT2D eigenvalue weighted by atomic mass is 16.1. The van der Waals surface area contributed by atoms with E-state index in [1.807, 2.05) is 12.1 Å². The summed E-state index contributed by atoms with van der Waals surface area (Å²) in [5.41, 5.74) is 6.04. The summed E-state index contributed by atoms with van der Waals surface area (Å²) in [6, 6.07) is 14.7. The fraction of sp³-hybridized carbons (Fsp3) is 0.286. The maximum Gasteiger partial charge on any atom is 0.228 e. The van der Waals surface area contributed by atoms with Crippen molar-refractivity contribution in [1.29, 1.82) is 0 Å². The summed E-state index contributed by atoms with van der Waals surface area (Å²) in [6.45, 7) is 3.08. The van der Waals surface area contributed by atoms with Gasteiger partial charge < -0.3 is 9.88 Å². The van der Waals surface area contributed by atoms with Gasteiger partial charge >= 0.3 is 0 Å². The Bertz CT molecular complexity index is 907. The maximum atomic E-state index is 12.4. The van der Waals surface area contributed by atoms with Crippen LogP contribution in [0.1, 0.15) is 30.0 Å². The molecule has 1 heterocycles. The highest BCUT2D eigenvalue weighted by Crippen LogP contribution is 2.24. The summed E-state index contributed by atoms with van der Waals surface area (Å²) in [5, 5.41) is 4.19. The van der Waals surface area contributed by atoms with Crippen LogP contribution in [-0.4, -0.2) is 10.5 Å². The predicted octanol–water partition coefficient (Wildman–Crippen LogP) is 4.33. The van der Waals surface area contributed by atoms with Gasteiger partial charge in [0.05, 0.1) is 6.42 Å². The van der Waals surface area contributed by atoms with E-state index in [1.165, 1.54) is 29.5 Å². The second kappa shape index (κ2) is 6.16. The number of carbonyl (C=O) groups excluding carboxylic acids is 1. The third kappa shape index (κ3) is 2.82. The van der Waals surface area contributed by atoms with Gasteiger partial charge in [-0.2, -0.15) is 0 Å². The lowest BCUT2D eigenvalue weighted by molar-refractivity contribution is -0.115. The molecule has 0 aliphatic heterocycles. The molecule has 24 heavy (non-hydrogen) atoms. The lowest BCUT2D eigenvalue weighted by Crippen LogP contribution is -2.14. The molecule has 0 unspecified atom stereocenters. The van der Waals surface area contributed by atoms with Crippen LogP contribution in [0.4, 0.5) is 5.69 Å². The number of amides is 1. The lowest BCUT2D eigenvalue weighted by Gasteiger charge is -2.08. The van der Waals surface area contributed by atoms with Crippen LogP contribution in [0.2, 0.25) is 0 Å². The Morgan fingerprint density at radius 1 is 1.08 bits per heavy atom. The molecule has 3 aromatic rings. The summed E-state index contributed by atoms with van der Waals surface area (Å²) in [4.78, 5) is 12.4. The molecule has 122 valence electrons. The standard InChI is InChI=1S/C21H22N2O/c1-2-23-11-10-18-14-19(8-9-20(18)23)22-21(24)13-15-6-7-16-4-3-5-17(16)12-15/h6-12,14H,2-5,13H2,1H3,(H,22,24). The van der Waals surface area contributed by atoms with Crippen molar-refractivity contribution in [3.63, 3.8) is 0 Å². The Kier molecular flexibility index (Phi) is 3.85. The van der Waals surface area contributed by atoms with Gasteiger partial charge in [0.1, 0.15) is 0 Å². The number of hydrogen-bond donors (Lipinski definition) is 1. The zero-order valence-corrected chi connectivity index (χ0v) is 14.0. The Labute approximate surface area is 142 Å². The van der Waals surface area contributed by atoms with Gasteiger partial charge in [0.25, 0.3) is 0 Å². The molecule has 0 spiro atoms. The first kappa shape index (κ1) is 15.0. The number of carbonyl (C=O) groups is 1. The van der Waals surface area contributed by atoms with Gasteiger partial charge in [0.15, 0.2) is 0 Å². The van der Waals surface area contributed by atoms with Crippen molar-refractivity contribution < 1.29 is 4.79 Å². The van der Waals surface area contributed by atoms with Gasteiger partial charge in [-0.05, 0) is 67.1 Å². The zero-order valence-electron chi connectivity index (χ0n) is 14.0. The van der Waals surface area contributed by atoms with Gasteiger partial charge in [0, 0.05) is 29.3 Å². The largest absolute Gasteiger partial charge is 0.348 e. The summed E-state index contributed by atoms with van der Waals surface area (Å²) in [7, 11) is 0.